The number of benzene rings is 2. The van der Waals surface area contributed by atoms with Gasteiger partial charge in [-0.1, -0.05) is 36.4 Å². The van der Waals surface area contributed by atoms with Crippen molar-refractivity contribution in [3.63, 3.8) is 0 Å². The van der Waals surface area contributed by atoms with Crippen molar-refractivity contribution in [2.45, 2.75) is 24.9 Å². The van der Waals surface area contributed by atoms with Crippen LogP contribution in [0, 0.1) is 0 Å². The largest absolute Gasteiger partial charge is 0.586 e. The first-order valence-corrected chi connectivity index (χ1v) is 10.3. The van der Waals surface area contributed by atoms with E-state index in [-0.39, 0.29) is 34.9 Å². The molecule has 1 aliphatic rings. The number of aliphatic hydroxyl groups is 1. The van der Waals surface area contributed by atoms with Gasteiger partial charge < -0.3 is 24.6 Å². The summed E-state index contributed by atoms with van der Waals surface area (Å²) in [5, 5.41) is 13.0. The lowest BCUT2D eigenvalue weighted by Crippen LogP contribution is -2.48. The molecule has 0 radical (unpaired) electrons. The molecule has 2 atom stereocenters. The molecule has 0 saturated carbocycles. The van der Waals surface area contributed by atoms with Crippen LogP contribution in [0.5, 0.6) is 11.5 Å². The Balaban J connectivity index is 1.62. The minimum atomic E-state index is -3.85. The highest BCUT2D eigenvalue weighted by Gasteiger charge is 2.45. The highest BCUT2D eigenvalue weighted by Crippen LogP contribution is 2.47. The van der Waals surface area contributed by atoms with Gasteiger partial charge in [-0.05, 0) is 24.1 Å². The highest BCUT2D eigenvalue weighted by atomic mass is 32.1. The van der Waals surface area contributed by atoms with E-state index >= 15 is 0 Å². The van der Waals surface area contributed by atoms with Crippen LogP contribution in [0.3, 0.4) is 0 Å². The number of nitrogens with zero attached hydrogens (tertiary/aromatic N) is 2. The molecule has 0 spiro atoms. The molecule has 4 rings (SSSR count). The van der Waals surface area contributed by atoms with Gasteiger partial charge in [0.1, 0.15) is 5.69 Å². The molecule has 0 aliphatic carbocycles. The van der Waals surface area contributed by atoms with Crippen molar-refractivity contribution in [2.75, 3.05) is 7.11 Å². The maximum atomic E-state index is 13.6. The standard InChI is InChI=1S/C21H17F2N3O6S/c1-30-20(29)17(27)13(10-11-6-3-2-4-7-11)24-19(28)16-15(25-33-26-16)12-8-5-9-14-18(12)32-21(22,23)31-14/h2-9,13,17,27H,10H2,1H3,(H,24,28). The first-order chi connectivity index (χ1) is 15.8. The molecule has 2 N–H and O–H groups in total. The average molecular weight is 477 g/mol. The number of nitrogens with one attached hydrogen (secondary N) is 1. The van der Waals surface area contributed by atoms with Gasteiger partial charge in [0.25, 0.3) is 5.91 Å². The maximum absolute atomic E-state index is 13.6. The van der Waals surface area contributed by atoms with Crippen LogP contribution in [0.15, 0.2) is 48.5 Å². The van der Waals surface area contributed by atoms with Crippen molar-refractivity contribution < 1.29 is 37.7 Å². The van der Waals surface area contributed by atoms with Crippen LogP contribution in [-0.2, 0) is 16.0 Å². The monoisotopic (exact) mass is 477 g/mol. The van der Waals surface area contributed by atoms with Crippen molar-refractivity contribution in [2.24, 2.45) is 0 Å². The van der Waals surface area contributed by atoms with Crippen LogP contribution in [0.1, 0.15) is 16.1 Å². The minimum Gasteiger partial charge on any atom is -0.467 e. The Bertz CT molecular complexity index is 1170. The molecule has 172 valence electrons. The number of aliphatic hydroxyl groups excluding tert-OH is 1. The molecular weight excluding hydrogens is 460 g/mol. The Morgan fingerprint density at radius 3 is 2.64 bits per heavy atom. The molecule has 12 heteroatoms. The summed E-state index contributed by atoms with van der Waals surface area (Å²) in [5.41, 5.74) is 0.622. The van der Waals surface area contributed by atoms with E-state index < -0.39 is 30.3 Å². The topological polar surface area (TPSA) is 120 Å². The van der Waals surface area contributed by atoms with Crippen LogP contribution in [-0.4, -0.2) is 51.3 Å². The summed E-state index contributed by atoms with van der Waals surface area (Å²) in [7, 11) is 1.11. The third-order valence-corrected chi connectivity index (χ3v) is 5.35. The third kappa shape index (κ3) is 4.76. The van der Waals surface area contributed by atoms with Crippen molar-refractivity contribution in [3.05, 3.63) is 59.8 Å². The van der Waals surface area contributed by atoms with E-state index in [0.29, 0.717) is 11.7 Å². The number of carbonyl (C=O) groups excluding carboxylic acids is 2. The highest BCUT2D eigenvalue weighted by molar-refractivity contribution is 6.99. The first-order valence-electron chi connectivity index (χ1n) is 9.61. The van der Waals surface area contributed by atoms with E-state index in [0.717, 1.165) is 12.7 Å². The molecule has 0 fully saturated rings. The van der Waals surface area contributed by atoms with Crippen molar-refractivity contribution in [3.8, 4) is 22.8 Å². The Morgan fingerprint density at radius 1 is 1.15 bits per heavy atom. The van der Waals surface area contributed by atoms with Crippen LogP contribution < -0.4 is 14.8 Å². The third-order valence-electron chi connectivity index (χ3n) is 4.83. The van der Waals surface area contributed by atoms with E-state index in [1.54, 1.807) is 30.3 Å². The summed E-state index contributed by atoms with van der Waals surface area (Å²) in [6, 6.07) is 12.0. The van der Waals surface area contributed by atoms with Gasteiger partial charge in [-0.25, -0.2) is 4.79 Å². The number of rotatable bonds is 7. The molecular formula is C21H17F2N3O6S. The smallest absolute Gasteiger partial charge is 0.467 e. The second-order valence-corrected chi connectivity index (χ2v) is 7.53. The lowest BCUT2D eigenvalue weighted by atomic mass is 10.0. The maximum Gasteiger partial charge on any atom is 0.586 e. The van der Waals surface area contributed by atoms with Crippen molar-refractivity contribution >= 4 is 23.6 Å². The minimum absolute atomic E-state index is 0.0123. The number of hydrogen-bond donors (Lipinski definition) is 2. The fraction of sp³-hybridized carbons (Fsp3) is 0.238. The molecule has 1 aromatic heterocycles. The lowest BCUT2D eigenvalue weighted by molar-refractivity contribution is -0.286. The Labute approximate surface area is 190 Å². The number of amides is 1. The van der Waals surface area contributed by atoms with Gasteiger partial charge >= 0.3 is 12.3 Å². The zero-order valence-corrected chi connectivity index (χ0v) is 17.8. The molecule has 0 saturated heterocycles. The van der Waals surface area contributed by atoms with Crippen molar-refractivity contribution in [1.82, 2.24) is 14.1 Å². The van der Waals surface area contributed by atoms with Crippen LogP contribution in [0.25, 0.3) is 11.3 Å². The van der Waals surface area contributed by atoms with Gasteiger partial charge in [0.05, 0.1) is 30.4 Å². The number of hydrogen-bond acceptors (Lipinski definition) is 9. The summed E-state index contributed by atoms with van der Waals surface area (Å²) in [6.45, 7) is 0. The van der Waals surface area contributed by atoms with Gasteiger partial charge in [-0.15, -0.1) is 8.78 Å². The van der Waals surface area contributed by atoms with Crippen LogP contribution in [0.2, 0.25) is 0 Å². The zero-order chi connectivity index (χ0) is 23.6. The molecule has 33 heavy (non-hydrogen) atoms. The molecule has 2 unspecified atom stereocenters. The van der Waals surface area contributed by atoms with Crippen LogP contribution >= 0.6 is 11.7 Å². The summed E-state index contributed by atoms with van der Waals surface area (Å²) in [5.74, 6) is -2.19. The van der Waals surface area contributed by atoms with Gasteiger partial charge in [0.15, 0.2) is 23.3 Å². The molecule has 2 aromatic carbocycles. The van der Waals surface area contributed by atoms with Crippen molar-refractivity contribution in [1.29, 1.82) is 0 Å². The summed E-state index contributed by atoms with van der Waals surface area (Å²) in [4.78, 5) is 25.0. The molecule has 1 amide bonds. The van der Waals surface area contributed by atoms with Gasteiger partial charge in [0, 0.05) is 0 Å². The average Bonchev–Trinajstić information content (AvgIpc) is 3.41. The molecule has 1 aliphatic heterocycles. The predicted octanol–water partition coefficient (Wildman–Crippen LogP) is 2.40. The SMILES string of the molecule is COC(=O)C(O)C(Cc1ccccc1)NC(=O)c1nsnc1-c1cccc2c1OC(F)(F)O2. The van der Waals surface area contributed by atoms with E-state index in [1.807, 2.05) is 0 Å². The first kappa shape index (κ1) is 22.6. The quantitative estimate of drug-likeness (QED) is 0.498. The summed E-state index contributed by atoms with van der Waals surface area (Å²) < 4.78 is 48.8. The number of halogens is 2. The number of para-hydroxylation sites is 1. The number of aromatic nitrogens is 2. The van der Waals surface area contributed by atoms with E-state index in [9.17, 15) is 23.5 Å². The lowest BCUT2D eigenvalue weighted by Gasteiger charge is -2.22. The Kier molecular flexibility index (Phi) is 6.20. The summed E-state index contributed by atoms with van der Waals surface area (Å²) in [6.07, 6.45) is -5.40. The predicted molar refractivity (Wildman–Crippen MR) is 111 cm³/mol. The van der Waals surface area contributed by atoms with Gasteiger partial charge in [-0.2, -0.15) is 8.75 Å². The van der Waals surface area contributed by atoms with E-state index in [2.05, 4.69) is 28.3 Å². The molecule has 0 bridgehead atoms. The van der Waals surface area contributed by atoms with Gasteiger partial charge in [0.2, 0.25) is 0 Å². The number of ether oxygens (including phenoxy) is 3. The second-order valence-electron chi connectivity index (χ2n) is 7.00. The fourth-order valence-corrected chi connectivity index (χ4v) is 3.86. The van der Waals surface area contributed by atoms with Crippen LogP contribution in [0.4, 0.5) is 8.78 Å². The number of carbonyl (C=O) groups is 2. The molecule has 3 aromatic rings. The number of methoxy groups -OCH3 is 1. The van der Waals surface area contributed by atoms with E-state index in [1.165, 1.54) is 18.2 Å². The van der Waals surface area contributed by atoms with E-state index in [4.69, 9.17) is 0 Å². The molecule has 9 nitrogen and oxygen atoms in total. The Morgan fingerprint density at radius 2 is 1.91 bits per heavy atom. The molecule has 2 heterocycles. The number of fused-ring (bicyclic) bond motifs is 1. The second kappa shape index (κ2) is 9.08. The summed E-state index contributed by atoms with van der Waals surface area (Å²) >= 11 is 0.686. The number of alkyl halides is 2. The zero-order valence-electron chi connectivity index (χ0n) is 17.0. The fourth-order valence-electron chi connectivity index (χ4n) is 3.30. The number of esters is 1. The van der Waals surface area contributed by atoms with Gasteiger partial charge in [-0.3, -0.25) is 4.79 Å². The Hall–Kier alpha value is -3.64. The normalized spacial score (nSPS) is 15.5.